The Bertz CT molecular complexity index is 521. The van der Waals surface area contributed by atoms with Gasteiger partial charge in [0.05, 0.1) is 5.75 Å². The monoisotopic (exact) mass is 273 g/mol. The molecule has 1 aromatic heterocycles. The number of anilines is 1. The standard InChI is InChI=1S/C11H16FN3O2S/c12-10-4-1-5-11(14-10)15-6-2-3-9(7-15)8-18(13,16)17/h1,4-5,9H,2-3,6-8H2,(H2,13,16,17)/t9-/m1/s1. The second kappa shape index (κ2) is 5.19. The summed E-state index contributed by atoms with van der Waals surface area (Å²) < 4.78 is 35.2. The molecule has 1 aliphatic rings. The predicted octanol–water partition coefficient (Wildman–Crippen LogP) is 0.726. The molecule has 1 atom stereocenters. The van der Waals surface area contributed by atoms with Crippen molar-refractivity contribution in [3.8, 4) is 0 Å². The molecule has 1 aromatic rings. The average Bonchev–Trinajstić information content (AvgIpc) is 2.27. The molecular weight excluding hydrogens is 257 g/mol. The van der Waals surface area contributed by atoms with E-state index in [9.17, 15) is 12.8 Å². The minimum atomic E-state index is -3.46. The molecule has 100 valence electrons. The van der Waals surface area contributed by atoms with Gasteiger partial charge in [0, 0.05) is 13.1 Å². The van der Waals surface area contributed by atoms with Crippen LogP contribution >= 0.6 is 0 Å². The van der Waals surface area contributed by atoms with Gasteiger partial charge in [-0.15, -0.1) is 0 Å². The van der Waals surface area contributed by atoms with Crippen molar-refractivity contribution in [1.29, 1.82) is 0 Å². The maximum atomic E-state index is 13.0. The van der Waals surface area contributed by atoms with Crippen LogP contribution in [0.5, 0.6) is 0 Å². The zero-order valence-corrected chi connectivity index (χ0v) is 10.7. The summed E-state index contributed by atoms with van der Waals surface area (Å²) in [6.45, 7) is 1.31. The van der Waals surface area contributed by atoms with E-state index in [1.165, 1.54) is 6.07 Å². The maximum absolute atomic E-state index is 13.0. The van der Waals surface area contributed by atoms with Gasteiger partial charge < -0.3 is 4.90 Å². The fourth-order valence-corrected chi connectivity index (χ4v) is 3.24. The first-order chi connectivity index (χ1) is 8.44. The highest BCUT2D eigenvalue weighted by molar-refractivity contribution is 7.89. The molecule has 1 fully saturated rings. The van der Waals surface area contributed by atoms with Crippen molar-refractivity contribution >= 4 is 15.8 Å². The van der Waals surface area contributed by atoms with Crippen molar-refractivity contribution in [2.45, 2.75) is 12.8 Å². The molecule has 0 aromatic carbocycles. The molecule has 2 heterocycles. The lowest BCUT2D eigenvalue weighted by atomic mass is 10.0. The molecule has 7 heteroatoms. The summed E-state index contributed by atoms with van der Waals surface area (Å²) in [7, 11) is -3.46. The van der Waals surface area contributed by atoms with Crippen molar-refractivity contribution < 1.29 is 12.8 Å². The average molecular weight is 273 g/mol. The lowest BCUT2D eigenvalue weighted by molar-refractivity contribution is 0.440. The first kappa shape index (κ1) is 13.2. The summed E-state index contributed by atoms with van der Waals surface area (Å²) in [6.07, 6.45) is 1.68. The molecule has 0 aliphatic carbocycles. The lowest BCUT2D eigenvalue weighted by Gasteiger charge is -2.33. The number of rotatable bonds is 3. The third-order valence-electron chi connectivity index (χ3n) is 3.01. The first-order valence-electron chi connectivity index (χ1n) is 5.82. The van der Waals surface area contributed by atoms with Gasteiger partial charge in [-0.25, -0.2) is 18.5 Å². The van der Waals surface area contributed by atoms with Gasteiger partial charge in [-0.2, -0.15) is 4.39 Å². The molecule has 0 spiro atoms. The second-order valence-corrected chi connectivity index (χ2v) is 6.26. The summed E-state index contributed by atoms with van der Waals surface area (Å²) in [6, 6.07) is 4.61. The van der Waals surface area contributed by atoms with Gasteiger partial charge >= 0.3 is 0 Å². The van der Waals surface area contributed by atoms with Gasteiger partial charge in [0.2, 0.25) is 16.0 Å². The summed E-state index contributed by atoms with van der Waals surface area (Å²) in [5.74, 6) is -0.0206. The van der Waals surface area contributed by atoms with Crippen LogP contribution in [0.2, 0.25) is 0 Å². The van der Waals surface area contributed by atoms with E-state index >= 15 is 0 Å². The molecule has 18 heavy (non-hydrogen) atoms. The maximum Gasteiger partial charge on any atom is 0.214 e. The molecule has 0 radical (unpaired) electrons. The van der Waals surface area contributed by atoms with E-state index in [1.54, 1.807) is 12.1 Å². The lowest BCUT2D eigenvalue weighted by Crippen LogP contribution is -2.39. The van der Waals surface area contributed by atoms with Crippen LogP contribution in [0.1, 0.15) is 12.8 Å². The topological polar surface area (TPSA) is 76.3 Å². The van der Waals surface area contributed by atoms with Crippen LogP contribution in [0.25, 0.3) is 0 Å². The highest BCUT2D eigenvalue weighted by Gasteiger charge is 2.24. The van der Waals surface area contributed by atoms with Gasteiger partial charge in [0.25, 0.3) is 0 Å². The van der Waals surface area contributed by atoms with Gasteiger partial charge in [0.15, 0.2) is 0 Å². The van der Waals surface area contributed by atoms with Crippen molar-refractivity contribution in [3.05, 3.63) is 24.1 Å². The van der Waals surface area contributed by atoms with Gasteiger partial charge in [-0.3, -0.25) is 0 Å². The molecule has 0 saturated carbocycles. The molecule has 0 amide bonds. The first-order valence-corrected chi connectivity index (χ1v) is 7.53. The number of hydrogen-bond acceptors (Lipinski definition) is 4. The van der Waals surface area contributed by atoms with E-state index in [1.807, 2.05) is 4.90 Å². The van der Waals surface area contributed by atoms with Crippen LogP contribution in [-0.4, -0.2) is 32.2 Å². The molecular formula is C11H16FN3O2S. The van der Waals surface area contributed by atoms with Gasteiger partial charge in [-0.1, -0.05) is 6.07 Å². The molecule has 2 rings (SSSR count). The number of primary sulfonamides is 1. The molecule has 5 nitrogen and oxygen atoms in total. The van der Waals surface area contributed by atoms with Crippen molar-refractivity contribution in [1.82, 2.24) is 4.98 Å². The summed E-state index contributed by atoms with van der Waals surface area (Å²) in [5.41, 5.74) is 0. The Morgan fingerprint density at radius 2 is 2.28 bits per heavy atom. The summed E-state index contributed by atoms with van der Waals surface area (Å²) in [4.78, 5) is 5.71. The number of pyridine rings is 1. The van der Waals surface area contributed by atoms with E-state index in [0.29, 0.717) is 12.4 Å². The van der Waals surface area contributed by atoms with Crippen LogP contribution in [0.15, 0.2) is 18.2 Å². The smallest absolute Gasteiger partial charge is 0.214 e. The Kier molecular flexibility index (Phi) is 3.82. The van der Waals surface area contributed by atoms with E-state index < -0.39 is 16.0 Å². The number of nitrogens with zero attached hydrogens (tertiary/aromatic N) is 2. The highest BCUT2D eigenvalue weighted by Crippen LogP contribution is 2.22. The predicted molar refractivity (Wildman–Crippen MR) is 67.1 cm³/mol. The Balaban J connectivity index is 2.07. The molecule has 0 bridgehead atoms. The molecule has 1 aliphatic heterocycles. The molecule has 1 saturated heterocycles. The van der Waals surface area contributed by atoms with Crippen molar-refractivity contribution in [2.75, 3.05) is 23.7 Å². The number of piperidine rings is 1. The SMILES string of the molecule is NS(=O)(=O)C[C@@H]1CCCN(c2cccc(F)n2)C1. The molecule has 2 N–H and O–H groups in total. The number of aromatic nitrogens is 1. The zero-order chi connectivity index (χ0) is 13.2. The van der Waals surface area contributed by atoms with E-state index in [-0.39, 0.29) is 11.7 Å². The van der Waals surface area contributed by atoms with Gasteiger partial charge in [-0.05, 0) is 30.9 Å². The van der Waals surface area contributed by atoms with Crippen molar-refractivity contribution in [3.63, 3.8) is 0 Å². The zero-order valence-electron chi connectivity index (χ0n) is 9.92. The second-order valence-electron chi connectivity index (χ2n) is 4.60. The van der Waals surface area contributed by atoms with Crippen molar-refractivity contribution in [2.24, 2.45) is 11.1 Å². The van der Waals surface area contributed by atoms with Gasteiger partial charge in [0.1, 0.15) is 5.82 Å². The van der Waals surface area contributed by atoms with Crippen LogP contribution in [0.4, 0.5) is 10.2 Å². The highest BCUT2D eigenvalue weighted by atomic mass is 32.2. The minimum Gasteiger partial charge on any atom is -0.356 e. The minimum absolute atomic E-state index is 0.0150. The van der Waals surface area contributed by atoms with E-state index in [4.69, 9.17) is 5.14 Å². The van der Waals surface area contributed by atoms with Crippen LogP contribution in [0, 0.1) is 11.9 Å². The van der Waals surface area contributed by atoms with Crippen LogP contribution in [0.3, 0.4) is 0 Å². The molecule has 0 unspecified atom stereocenters. The third-order valence-corrected chi connectivity index (χ3v) is 3.95. The Morgan fingerprint density at radius 3 is 2.94 bits per heavy atom. The third kappa shape index (κ3) is 3.64. The number of halogens is 1. The van der Waals surface area contributed by atoms with Crippen LogP contribution in [-0.2, 0) is 10.0 Å². The van der Waals surface area contributed by atoms with E-state index in [0.717, 1.165) is 19.4 Å². The number of hydrogen-bond donors (Lipinski definition) is 1. The fourth-order valence-electron chi connectivity index (χ4n) is 2.31. The fraction of sp³-hybridized carbons (Fsp3) is 0.545. The normalized spacial score (nSPS) is 21.0. The Hall–Kier alpha value is -1.21. The van der Waals surface area contributed by atoms with E-state index in [2.05, 4.69) is 4.98 Å². The largest absolute Gasteiger partial charge is 0.356 e. The Labute approximate surface area is 106 Å². The summed E-state index contributed by atoms with van der Waals surface area (Å²) in [5, 5.41) is 5.05. The number of sulfonamides is 1. The number of nitrogens with two attached hydrogens (primary N) is 1. The quantitative estimate of drug-likeness (QED) is 0.824. The summed E-state index contributed by atoms with van der Waals surface area (Å²) >= 11 is 0. The van der Waals surface area contributed by atoms with Crippen LogP contribution < -0.4 is 10.0 Å². The Morgan fingerprint density at radius 1 is 1.50 bits per heavy atom.